The van der Waals surface area contributed by atoms with Crippen molar-refractivity contribution in [2.75, 3.05) is 13.6 Å². The molecule has 1 N–H and O–H groups in total. The van der Waals surface area contributed by atoms with Crippen molar-refractivity contribution < 1.29 is 12.8 Å². The van der Waals surface area contributed by atoms with Gasteiger partial charge in [-0.15, -0.1) is 0 Å². The molecule has 1 aromatic heterocycles. The topological polar surface area (TPSA) is 63.5 Å². The van der Waals surface area contributed by atoms with E-state index < -0.39 is 21.1 Å². The fourth-order valence-electron chi connectivity index (χ4n) is 2.90. The standard InChI is InChI=1S/C17H20FN3O2S/c1-19-10-13-9-17(15-6-2-3-7-16(15)18)21(12-13)24(22,23)14-5-4-8-20-11-14/h2-3,6-7,9,11-12,14,19H,4-5,8,10H2,1H3. The molecule has 1 atom stereocenters. The predicted octanol–water partition coefficient (Wildman–Crippen LogP) is 2.42. The quantitative estimate of drug-likeness (QED) is 0.902. The molecule has 0 bridgehead atoms. The number of hydrogen-bond donors (Lipinski definition) is 1. The summed E-state index contributed by atoms with van der Waals surface area (Å²) in [4.78, 5) is 4.11. The highest BCUT2D eigenvalue weighted by molar-refractivity contribution is 7.91. The van der Waals surface area contributed by atoms with Crippen LogP contribution in [0.1, 0.15) is 18.4 Å². The maximum absolute atomic E-state index is 14.2. The van der Waals surface area contributed by atoms with E-state index >= 15 is 0 Å². The van der Waals surface area contributed by atoms with E-state index in [1.165, 1.54) is 16.3 Å². The first-order valence-electron chi connectivity index (χ1n) is 7.89. The summed E-state index contributed by atoms with van der Waals surface area (Å²) in [5, 5.41) is 2.32. The molecule has 1 aliphatic heterocycles. The van der Waals surface area contributed by atoms with Gasteiger partial charge in [0.25, 0.3) is 0 Å². The lowest BCUT2D eigenvalue weighted by atomic mass is 10.1. The minimum atomic E-state index is -3.68. The van der Waals surface area contributed by atoms with E-state index in [2.05, 4.69) is 10.3 Å². The Morgan fingerprint density at radius 2 is 2.17 bits per heavy atom. The summed E-state index contributed by atoms with van der Waals surface area (Å²) >= 11 is 0. The van der Waals surface area contributed by atoms with Crippen molar-refractivity contribution in [3.05, 3.63) is 47.9 Å². The van der Waals surface area contributed by atoms with Crippen LogP contribution in [0.2, 0.25) is 0 Å². The first-order chi connectivity index (χ1) is 11.5. The van der Waals surface area contributed by atoms with E-state index in [0.29, 0.717) is 25.2 Å². The van der Waals surface area contributed by atoms with Crippen molar-refractivity contribution in [1.82, 2.24) is 9.29 Å². The van der Waals surface area contributed by atoms with Crippen LogP contribution >= 0.6 is 0 Å². The lowest BCUT2D eigenvalue weighted by Crippen LogP contribution is -2.31. The van der Waals surface area contributed by atoms with Crippen molar-refractivity contribution in [3.8, 4) is 11.3 Å². The molecule has 1 aromatic carbocycles. The molecule has 3 rings (SSSR count). The van der Waals surface area contributed by atoms with Gasteiger partial charge in [0.2, 0.25) is 10.0 Å². The van der Waals surface area contributed by atoms with E-state index in [4.69, 9.17) is 0 Å². The Bertz CT molecular complexity index is 858. The van der Waals surface area contributed by atoms with Crippen molar-refractivity contribution in [1.29, 1.82) is 0 Å². The number of nitrogens with zero attached hydrogens (tertiary/aromatic N) is 2. The van der Waals surface area contributed by atoms with Crippen LogP contribution in [0.15, 0.2) is 41.5 Å². The summed E-state index contributed by atoms with van der Waals surface area (Å²) < 4.78 is 41.5. The minimum Gasteiger partial charge on any atom is -0.316 e. The molecule has 2 aromatic rings. The Kier molecular flexibility index (Phi) is 4.82. The van der Waals surface area contributed by atoms with Crippen LogP contribution in [-0.2, 0) is 16.6 Å². The van der Waals surface area contributed by atoms with Gasteiger partial charge in [0, 0.05) is 31.1 Å². The van der Waals surface area contributed by atoms with Crippen LogP contribution in [0.25, 0.3) is 11.3 Å². The van der Waals surface area contributed by atoms with Crippen LogP contribution in [0.3, 0.4) is 0 Å². The van der Waals surface area contributed by atoms with Crippen molar-refractivity contribution in [3.63, 3.8) is 0 Å². The molecular formula is C17H20FN3O2S. The van der Waals surface area contributed by atoms with E-state index in [1.807, 2.05) is 0 Å². The Hall–Kier alpha value is -1.99. The maximum atomic E-state index is 14.2. The van der Waals surface area contributed by atoms with Gasteiger partial charge in [0.1, 0.15) is 11.1 Å². The first kappa shape index (κ1) is 16.9. The number of aliphatic imine (C=N–C) groups is 1. The molecule has 128 valence electrons. The third kappa shape index (κ3) is 3.14. The second-order valence-electron chi connectivity index (χ2n) is 5.82. The molecule has 24 heavy (non-hydrogen) atoms. The summed E-state index contributed by atoms with van der Waals surface area (Å²) in [5.74, 6) is -0.444. The average molecular weight is 349 g/mol. The van der Waals surface area contributed by atoms with E-state index in [0.717, 1.165) is 12.0 Å². The molecular weight excluding hydrogens is 329 g/mol. The normalized spacial score (nSPS) is 18.0. The minimum absolute atomic E-state index is 0.274. The Morgan fingerprint density at radius 3 is 2.83 bits per heavy atom. The van der Waals surface area contributed by atoms with Crippen LogP contribution in [-0.4, -0.2) is 37.4 Å². The van der Waals surface area contributed by atoms with Gasteiger partial charge in [0.05, 0.1) is 5.69 Å². The lowest BCUT2D eigenvalue weighted by Gasteiger charge is -2.19. The van der Waals surface area contributed by atoms with Crippen LogP contribution in [0, 0.1) is 5.82 Å². The summed E-state index contributed by atoms with van der Waals surface area (Å²) in [6.07, 6.45) is 4.33. The highest BCUT2D eigenvalue weighted by atomic mass is 32.2. The number of aromatic nitrogens is 1. The van der Waals surface area contributed by atoms with Gasteiger partial charge in [0.15, 0.2) is 0 Å². The molecule has 5 nitrogen and oxygen atoms in total. The Morgan fingerprint density at radius 1 is 1.38 bits per heavy atom. The van der Waals surface area contributed by atoms with Crippen LogP contribution < -0.4 is 5.32 Å². The summed E-state index contributed by atoms with van der Waals surface area (Å²) in [5.41, 5.74) is 1.40. The molecule has 0 fully saturated rings. The molecule has 0 aliphatic carbocycles. The fraction of sp³-hybridized carbons (Fsp3) is 0.353. The van der Waals surface area contributed by atoms with Gasteiger partial charge >= 0.3 is 0 Å². The zero-order chi connectivity index (χ0) is 17.2. The van der Waals surface area contributed by atoms with Gasteiger partial charge in [-0.2, -0.15) is 0 Å². The van der Waals surface area contributed by atoms with E-state index in [1.54, 1.807) is 37.5 Å². The zero-order valence-electron chi connectivity index (χ0n) is 13.4. The molecule has 7 heteroatoms. The highest BCUT2D eigenvalue weighted by Gasteiger charge is 2.29. The predicted molar refractivity (Wildman–Crippen MR) is 93.3 cm³/mol. The first-order valence-corrected chi connectivity index (χ1v) is 9.39. The molecule has 1 aliphatic rings. The Labute approximate surface area is 141 Å². The molecule has 1 unspecified atom stereocenters. The number of hydrogen-bond acceptors (Lipinski definition) is 4. The number of rotatable bonds is 5. The third-order valence-corrected chi connectivity index (χ3v) is 6.05. The molecule has 0 saturated carbocycles. The van der Waals surface area contributed by atoms with Crippen LogP contribution in [0.4, 0.5) is 4.39 Å². The molecule has 0 spiro atoms. The smallest absolute Gasteiger partial charge is 0.247 e. The monoisotopic (exact) mass is 349 g/mol. The zero-order valence-corrected chi connectivity index (χ0v) is 14.3. The SMILES string of the molecule is CNCc1cc(-c2ccccc2F)n(S(=O)(=O)C2C=NCCC2)c1. The molecule has 0 amide bonds. The van der Waals surface area contributed by atoms with Gasteiger partial charge in [-0.05, 0) is 43.7 Å². The Balaban J connectivity index is 2.14. The second-order valence-corrected chi connectivity index (χ2v) is 7.85. The fourth-order valence-corrected chi connectivity index (χ4v) is 4.60. The average Bonchev–Trinajstić information content (AvgIpc) is 3.01. The van der Waals surface area contributed by atoms with E-state index in [9.17, 15) is 12.8 Å². The summed E-state index contributed by atoms with van der Waals surface area (Å²) in [6.45, 7) is 1.16. The molecule has 0 saturated heterocycles. The van der Waals surface area contributed by atoms with Crippen molar-refractivity contribution in [2.45, 2.75) is 24.6 Å². The van der Waals surface area contributed by atoms with Crippen LogP contribution in [0.5, 0.6) is 0 Å². The van der Waals surface area contributed by atoms with Gasteiger partial charge in [-0.25, -0.2) is 16.8 Å². The van der Waals surface area contributed by atoms with Gasteiger partial charge in [-0.1, -0.05) is 12.1 Å². The largest absolute Gasteiger partial charge is 0.316 e. The summed E-state index contributed by atoms with van der Waals surface area (Å²) in [6, 6.07) is 7.92. The maximum Gasteiger partial charge on any atom is 0.247 e. The number of nitrogens with one attached hydrogen (secondary N) is 1. The van der Waals surface area contributed by atoms with E-state index in [-0.39, 0.29) is 5.56 Å². The van der Waals surface area contributed by atoms with Gasteiger partial charge in [-0.3, -0.25) is 4.99 Å². The summed E-state index contributed by atoms with van der Waals surface area (Å²) in [7, 11) is -1.90. The second kappa shape index (κ2) is 6.86. The highest BCUT2D eigenvalue weighted by Crippen LogP contribution is 2.28. The van der Waals surface area contributed by atoms with Crippen molar-refractivity contribution >= 4 is 16.2 Å². The molecule has 0 radical (unpaired) electrons. The number of halogens is 1. The number of benzene rings is 1. The third-order valence-electron chi connectivity index (χ3n) is 4.08. The van der Waals surface area contributed by atoms with Gasteiger partial charge < -0.3 is 5.32 Å². The lowest BCUT2D eigenvalue weighted by molar-refractivity contribution is 0.574. The molecule has 2 heterocycles. The van der Waals surface area contributed by atoms with Crippen molar-refractivity contribution in [2.24, 2.45) is 4.99 Å².